The van der Waals surface area contributed by atoms with Crippen LogP contribution in [0.15, 0.2) is 42.5 Å². The summed E-state index contributed by atoms with van der Waals surface area (Å²) in [6.07, 6.45) is 4.43. The molecule has 0 spiro atoms. The van der Waals surface area contributed by atoms with Crippen molar-refractivity contribution in [3.63, 3.8) is 0 Å². The van der Waals surface area contributed by atoms with Crippen LogP contribution in [0.3, 0.4) is 0 Å². The van der Waals surface area contributed by atoms with Gasteiger partial charge < -0.3 is 9.64 Å². The molecule has 0 bridgehead atoms. The topological polar surface area (TPSA) is 29.5 Å². The van der Waals surface area contributed by atoms with E-state index in [1.165, 1.54) is 16.7 Å². The number of nitrogens with zero attached hydrogens (tertiary/aromatic N) is 1. The molecule has 3 heteroatoms. The standard InChI is InChI=1S/C21H25NO2/c1-16-13-14-19(24-2)21-18(16)11-7-15-22(21)20(23)12-6-10-17-8-4-3-5-9-17/h3-5,8-9,13-14H,6-7,10-12,15H2,1-2H3. The number of amides is 1. The predicted octanol–water partition coefficient (Wildman–Crippen LogP) is 4.31. The van der Waals surface area contributed by atoms with Gasteiger partial charge in [0.25, 0.3) is 0 Å². The molecule has 1 aliphatic heterocycles. The van der Waals surface area contributed by atoms with E-state index in [2.05, 4.69) is 25.1 Å². The fourth-order valence-electron chi connectivity index (χ4n) is 3.49. The summed E-state index contributed by atoms with van der Waals surface area (Å²) in [5, 5.41) is 0. The average Bonchev–Trinajstić information content (AvgIpc) is 2.62. The van der Waals surface area contributed by atoms with Crippen molar-refractivity contribution in [3.8, 4) is 5.75 Å². The number of benzene rings is 2. The maximum Gasteiger partial charge on any atom is 0.227 e. The van der Waals surface area contributed by atoms with Crippen LogP contribution in [0.2, 0.25) is 0 Å². The van der Waals surface area contributed by atoms with Crippen molar-refractivity contribution in [3.05, 3.63) is 59.2 Å². The highest BCUT2D eigenvalue weighted by Gasteiger charge is 2.26. The number of methoxy groups -OCH3 is 1. The van der Waals surface area contributed by atoms with Crippen LogP contribution in [0.25, 0.3) is 0 Å². The van der Waals surface area contributed by atoms with Crippen LogP contribution in [-0.2, 0) is 17.6 Å². The number of hydrogen-bond acceptors (Lipinski definition) is 2. The minimum absolute atomic E-state index is 0.204. The Kier molecular flexibility index (Phi) is 5.19. The van der Waals surface area contributed by atoms with Crippen molar-refractivity contribution in [2.75, 3.05) is 18.6 Å². The van der Waals surface area contributed by atoms with E-state index in [4.69, 9.17) is 4.74 Å². The lowest BCUT2D eigenvalue weighted by molar-refractivity contribution is -0.118. The summed E-state index contributed by atoms with van der Waals surface area (Å²) in [5.41, 5.74) is 4.79. The van der Waals surface area contributed by atoms with Gasteiger partial charge in [0.05, 0.1) is 12.8 Å². The molecule has 2 aromatic rings. The third-order valence-corrected chi connectivity index (χ3v) is 4.78. The smallest absolute Gasteiger partial charge is 0.227 e. The summed E-state index contributed by atoms with van der Waals surface area (Å²) in [6.45, 7) is 2.90. The quantitative estimate of drug-likeness (QED) is 0.821. The monoisotopic (exact) mass is 323 g/mol. The van der Waals surface area contributed by atoms with Gasteiger partial charge in [-0.15, -0.1) is 0 Å². The zero-order chi connectivity index (χ0) is 16.9. The van der Waals surface area contributed by atoms with Crippen LogP contribution in [0, 0.1) is 6.92 Å². The lowest BCUT2D eigenvalue weighted by Crippen LogP contribution is -2.36. The molecule has 3 nitrogen and oxygen atoms in total. The highest BCUT2D eigenvalue weighted by molar-refractivity contribution is 5.96. The van der Waals surface area contributed by atoms with Gasteiger partial charge in [0.2, 0.25) is 5.91 Å². The van der Waals surface area contributed by atoms with E-state index in [-0.39, 0.29) is 5.91 Å². The zero-order valence-corrected chi connectivity index (χ0v) is 14.5. The number of carbonyl (C=O) groups is 1. The van der Waals surface area contributed by atoms with Crippen molar-refractivity contribution >= 4 is 11.6 Å². The van der Waals surface area contributed by atoms with Gasteiger partial charge in [0.1, 0.15) is 5.75 Å². The molecule has 2 aromatic carbocycles. The summed E-state index contributed by atoms with van der Waals surface area (Å²) in [7, 11) is 1.68. The zero-order valence-electron chi connectivity index (χ0n) is 14.5. The first-order valence-electron chi connectivity index (χ1n) is 8.71. The molecular weight excluding hydrogens is 298 g/mol. The van der Waals surface area contributed by atoms with E-state index in [0.717, 1.165) is 43.7 Å². The summed E-state index contributed by atoms with van der Waals surface area (Å²) in [4.78, 5) is 14.7. The van der Waals surface area contributed by atoms with Gasteiger partial charge in [-0.3, -0.25) is 4.79 Å². The van der Waals surface area contributed by atoms with Gasteiger partial charge in [0, 0.05) is 13.0 Å². The lowest BCUT2D eigenvalue weighted by Gasteiger charge is -2.32. The van der Waals surface area contributed by atoms with E-state index < -0.39 is 0 Å². The van der Waals surface area contributed by atoms with E-state index in [1.54, 1.807) is 7.11 Å². The Morgan fingerprint density at radius 3 is 2.71 bits per heavy atom. The second-order valence-electron chi connectivity index (χ2n) is 6.40. The predicted molar refractivity (Wildman–Crippen MR) is 97.8 cm³/mol. The van der Waals surface area contributed by atoms with E-state index in [0.29, 0.717) is 6.42 Å². The van der Waals surface area contributed by atoms with Crippen LogP contribution in [0.1, 0.15) is 36.0 Å². The van der Waals surface area contributed by atoms with Crippen molar-refractivity contribution < 1.29 is 9.53 Å². The van der Waals surface area contributed by atoms with Crippen molar-refractivity contribution in [2.45, 2.75) is 39.0 Å². The van der Waals surface area contributed by atoms with Crippen LogP contribution in [0.5, 0.6) is 5.75 Å². The minimum Gasteiger partial charge on any atom is -0.495 e. The second kappa shape index (κ2) is 7.52. The molecule has 0 saturated heterocycles. The fraction of sp³-hybridized carbons (Fsp3) is 0.381. The number of carbonyl (C=O) groups excluding carboxylic acids is 1. The largest absolute Gasteiger partial charge is 0.495 e. The highest BCUT2D eigenvalue weighted by atomic mass is 16.5. The molecule has 0 atom stereocenters. The van der Waals surface area contributed by atoms with Gasteiger partial charge in [-0.05, 0) is 55.4 Å². The first kappa shape index (κ1) is 16.6. The molecule has 1 aliphatic rings. The summed E-state index contributed by atoms with van der Waals surface area (Å²) >= 11 is 0. The molecule has 126 valence electrons. The summed E-state index contributed by atoms with van der Waals surface area (Å²) in [5.74, 6) is 1.02. The molecule has 0 aromatic heterocycles. The molecule has 1 amide bonds. The third kappa shape index (κ3) is 3.45. The molecule has 0 N–H and O–H groups in total. The number of anilines is 1. The molecule has 0 fully saturated rings. The molecule has 1 heterocycles. The average molecular weight is 323 g/mol. The van der Waals surface area contributed by atoms with Gasteiger partial charge in [-0.2, -0.15) is 0 Å². The summed E-state index contributed by atoms with van der Waals surface area (Å²) in [6, 6.07) is 14.4. The van der Waals surface area contributed by atoms with Gasteiger partial charge in [0.15, 0.2) is 0 Å². The second-order valence-corrected chi connectivity index (χ2v) is 6.40. The molecule has 0 aliphatic carbocycles. The van der Waals surface area contributed by atoms with E-state index >= 15 is 0 Å². The number of aryl methyl sites for hydroxylation is 2. The van der Waals surface area contributed by atoms with Crippen LogP contribution in [-0.4, -0.2) is 19.6 Å². The Balaban J connectivity index is 1.72. The Bertz CT molecular complexity index is 709. The van der Waals surface area contributed by atoms with E-state index in [9.17, 15) is 4.79 Å². The van der Waals surface area contributed by atoms with Crippen LogP contribution < -0.4 is 9.64 Å². The summed E-state index contributed by atoms with van der Waals surface area (Å²) < 4.78 is 5.53. The van der Waals surface area contributed by atoms with Crippen molar-refractivity contribution in [1.29, 1.82) is 0 Å². The SMILES string of the molecule is COc1ccc(C)c2c1N(C(=O)CCCc1ccccc1)CCC2. The molecular formula is C21H25NO2. The molecule has 0 saturated carbocycles. The van der Waals surface area contributed by atoms with Crippen LogP contribution >= 0.6 is 0 Å². The number of ether oxygens (including phenoxy) is 1. The van der Waals surface area contributed by atoms with Crippen LogP contribution in [0.4, 0.5) is 5.69 Å². The maximum absolute atomic E-state index is 12.8. The first-order valence-corrected chi connectivity index (χ1v) is 8.71. The Morgan fingerprint density at radius 1 is 1.17 bits per heavy atom. The first-order chi connectivity index (χ1) is 11.7. The molecule has 0 radical (unpaired) electrons. The van der Waals surface area contributed by atoms with Gasteiger partial charge >= 0.3 is 0 Å². The Morgan fingerprint density at radius 2 is 1.96 bits per heavy atom. The normalized spacial score (nSPS) is 13.5. The number of fused-ring (bicyclic) bond motifs is 1. The lowest BCUT2D eigenvalue weighted by atomic mass is 9.95. The third-order valence-electron chi connectivity index (χ3n) is 4.78. The Labute approximate surface area is 144 Å². The van der Waals surface area contributed by atoms with Crippen molar-refractivity contribution in [2.24, 2.45) is 0 Å². The maximum atomic E-state index is 12.8. The Hall–Kier alpha value is -2.29. The fourth-order valence-corrected chi connectivity index (χ4v) is 3.49. The molecule has 0 unspecified atom stereocenters. The van der Waals surface area contributed by atoms with Gasteiger partial charge in [-0.1, -0.05) is 36.4 Å². The highest BCUT2D eigenvalue weighted by Crippen LogP contribution is 2.38. The van der Waals surface area contributed by atoms with Crippen molar-refractivity contribution in [1.82, 2.24) is 0 Å². The molecule has 3 rings (SSSR count). The number of rotatable bonds is 5. The van der Waals surface area contributed by atoms with Gasteiger partial charge in [-0.25, -0.2) is 0 Å². The molecule has 24 heavy (non-hydrogen) atoms. The van der Waals surface area contributed by atoms with E-state index in [1.807, 2.05) is 29.2 Å². The minimum atomic E-state index is 0.204. The number of hydrogen-bond donors (Lipinski definition) is 0.